The minimum atomic E-state index is -0.218. The standard InChI is InChI=1S/C21H21N5O2/c27-19(18-6-11-24-28-18)25-17-14-21(16-5-2-1-4-15(16)17)7-12-26(13-8-21)20-22-9-3-10-23-20/h1-6,9-11,17H,7-8,12-14H2,(H,25,27). The molecule has 7 nitrogen and oxygen atoms in total. The van der Waals surface area contributed by atoms with Crippen molar-refractivity contribution in [1.82, 2.24) is 20.4 Å². The van der Waals surface area contributed by atoms with Gasteiger partial charge in [0.1, 0.15) is 0 Å². The summed E-state index contributed by atoms with van der Waals surface area (Å²) in [6, 6.07) is 11.9. The molecule has 0 saturated carbocycles. The first kappa shape index (κ1) is 16.9. The maximum atomic E-state index is 12.5. The van der Waals surface area contributed by atoms with Crippen LogP contribution in [-0.4, -0.2) is 34.1 Å². The number of anilines is 1. The topological polar surface area (TPSA) is 84.2 Å². The summed E-state index contributed by atoms with van der Waals surface area (Å²) in [4.78, 5) is 23.5. The van der Waals surface area contributed by atoms with Crippen molar-refractivity contribution in [3.8, 4) is 0 Å². The summed E-state index contributed by atoms with van der Waals surface area (Å²) in [7, 11) is 0. The Morgan fingerprint density at radius 2 is 1.86 bits per heavy atom. The largest absolute Gasteiger partial charge is 0.351 e. The van der Waals surface area contributed by atoms with Crippen LogP contribution in [0.1, 0.15) is 47.0 Å². The first-order valence-corrected chi connectivity index (χ1v) is 9.58. The van der Waals surface area contributed by atoms with Gasteiger partial charge in [-0.1, -0.05) is 29.4 Å². The summed E-state index contributed by atoms with van der Waals surface area (Å²) < 4.78 is 5.01. The average molecular weight is 375 g/mol. The van der Waals surface area contributed by atoms with Gasteiger partial charge in [0, 0.05) is 37.0 Å². The Balaban J connectivity index is 1.37. The highest BCUT2D eigenvalue weighted by atomic mass is 16.5. The van der Waals surface area contributed by atoms with Crippen LogP contribution in [0.15, 0.2) is 59.5 Å². The molecule has 3 heterocycles. The number of rotatable bonds is 3. The number of hydrogen-bond donors (Lipinski definition) is 1. The number of nitrogens with one attached hydrogen (secondary N) is 1. The van der Waals surface area contributed by atoms with Gasteiger partial charge in [0.05, 0.1) is 12.2 Å². The first-order valence-electron chi connectivity index (χ1n) is 9.58. The Kier molecular flexibility index (Phi) is 4.07. The Morgan fingerprint density at radius 3 is 2.61 bits per heavy atom. The molecule has 1 aliphatic heterocycles. The third-order valence-electron chi connectivity index (χ3n) is 6.02. The van der Waals surface area contributed by atoms with Crippen LogP contribution in [0.4, 0.5) is 5.95 Å². The van der Waals surface area contributed by atoms with Crippen molar-refractivity contribution in [2.45, 2.75) is 30.7 Å². The number of aromatic nitrogens is 3. The van der Waals surface area contributed by atoms with E-state index in [0.717, 1.165) is 38.3 Å². The van der Waals surface area contributed by atoms with Crippen molar-refractivity contribution in [3.63, 3.8) is 0 Å². The van der Waals surface area contributed by atoms with Gasteiger partial charge in [-0.15, -0.1) is 0 Å². The molecule has 0 bridgehead atoms. The molecular weight excluding hydrogens is 354 g/mol. The van der Waals surface area contributed by atoms with Gasteiger partial charge >= 0.3 is 0 Å². The Bertz CT molecular complexity index is 965. The fourth-order valence-electron chi connectivity index (χ4n) is 4.65. The van der Waals surface area contributed by atoms with E-state index in [4.69, 9.17) is 4.52 Å². The molecule has 5 rings (SSSR count). The van der Waals surface area contributed by atoms with E-state index >= 15 is 0 Å². The van der Waals surface area contributed by atoms with Gasteiger partial charge in [-0.25, -0.2) is 9.97 Å². The van der Waals surface area contributed by atoms with Gasteiger partial charge in [0.25, 0.3) is 5.91 Å². The van der Waals surface area contributed by atoms with Crippen LogP contribution in [0.25, 0.3) is 0 Å². The Labute approximate surface area is 162 Å². The number of nitrogens with zero attached hydrogens (tertiary/aromatic N) is 4. The number of amides is 1. The molecule has 3 aromatic rings. The smallest absolute Gasteiger partial charge is 0.290 e. The van der Waals surface area contributed by atoms with Gasteiger partial charge < -0.3 is 14.7 Å². The van der Waals surface area contributed by atoms with E-state index in [-0.39, 0.29) is 23.1 Å². The van der Waals surface area contributed by atoms with Gasteiger partial charge in [-0.2, -0.15) is 0 Å². The molecule has 1 saturated heterocycles. The summed E-state index contributed by atoms with van der Waals surface area (Å²) in [5.74, 6) is 0.817. The summed E-state index contributed by atoms with van der Waals surface area (Å²) >= 11 is 0. The van der Waals surface area contributed by atoms with E-state index < -0.39 is 0 Å². The lowest BCUT2D eigenvalue weighted by atomic mass is 9.73. The van der Waals surface area contributed by atoms with Crippen molar-refractivity contribution in [2.75, 3.05) is 18.0 Å². The van der Waals surface area contributed by atoms with Gasteiger partial charge in [-0.05, 0) is 36.5 Å². The summed E-state index contributed by atoms with van der Waals surface area (Å²) in [6.07, 6.45) is 7.98. The Morgan fingerprint density at radius 1 is 1.07 bits per heavy atom. The fraction of sp³-hybridized carbons (Fsp3) is 0.333. The van der Waals surface area contributed by atoms with Crippen LogP contribution >= 0.6 is 0 Å². The van der Waals surface area contributed by atoms with Crippen LogP contribution in [0.5, 0.6) is 0 Å². The second-order valence-electron chi connectivity index (χ2n) is 7.51. The second-order valence-corrected chi connectivity index (χ2v) is 7.51. The third kappa shape index (κ3) is 2.83. The van der Waals surface area contributed by atoms with Crippen molar-refractivity contribution < 1.29 is 9.32 Å². The molecule has 1 spiro atoms. The van der Waals surface area contributed by atoms with E-state index in [1.54, 1.807) is 18.5 Å². The predicted molar refractivity (Wildman–Crippen MR) is 103 cm³/mol. The van der Waals surface area contributed by atoms with Crippen molar-refractivity contribution >= 4 is 11.9 Å². The van der Waals surface area contributed by atoms with E-state index in [2.05, 4.69) is 43.5 Å². The lowest BCUT2D eigenvalue weighted by Gasteiger charge is -2.40. The predicted octanol–water partition coefficient (Wildman–Crippen LogP) is 2.88. The number of piperidine rings is 1. The molecule has 7 heteroatoms. The normalized spacial score (nSPS) is 20.1. The lowest BCUT2D eigenvalue weighted by Crippen LogP contribution is -2.42. The lowest BCUT2D eigenvalue weighted by molar-refractivity contribution is 0.0894. The minimum absolute atomic E-state index is 0.0201. The number of fused-ring (bicyclic) bond motifs is 2. The highest BCUT2D eigenvalue weighted by molar-refractivity contribution is 5.91. The molecule has 1 N–H and O–H groups in total. The number of carbonyl (C=O) groups is 1. The maximum Gasteiger partial charge on any atom is 0.290 e. The fourth-order valence-corrected chi connectivity index (χ4v) is 4.65. The van der Waals surface area contributed by atoms with Gasteiger partial charge in [0.2, 0.25) is 11.7 Å². The number of benzene rings is 1. The van der Waals surface area contributed by atoms with E-state index in [9.17, 15) is 4.79 Å². The van der Waals surface area contributed by atoms with Crippen LogP contribution in [0, 0.1) is 0 Å². The highest BCUT2D eigenvalue weighted by Crippen LogP contribution is 2.50. The van der Waals surface area contributed by atoms with E-state index in [1.165, 1.54) is 17.3 Å². The molecule has 1 aliphatic carbocycles. The number of hydrogen-bond acceptors (Lipinski definition) is 6. The zero-order valence-electron chi connectivity index (χ0n) is 15.4. The van der Waals surface area contributed by atoms with E-state index in [0.29, 0.717) is 0 Å². The average Bonchev–Trinajstić information content (AvgIpc) is 3.38. The van der Waals surface area contributed by atoms with Crippen molar-refractivity contribution in [3.05, 3.63) is 71.9 Å². The second kappa shape index (κ2) is 6.74. The zero-order chi connectivity index (χ0) is 19.0. The molecule has 28 heavy (non-hydrogen) atoms. The molecule has 142 valence electrons. The van der Waals surface area contributed by atoms with Gasteiger partial charge in [-0.3, -0.25) is 4.79 Å². The molecule has 1 unspecified atom stereocenters. The van der Waals surface area contributed by atoms with Crippen molar-refractivity contribution in [2.24, 2.45) is 0 Å². The molecule has 1 fully saturated rings. The first-order chi connectivity index (χ1) is 13.8. The highest BCUT2D eigenvalue weighted by Gasteiger charge is 2.46. The monoisotopic (exact) mass is 375 g/mol. The molecule has 1 aromatic carbocycles. The SMILES string of the molecule is O=C(NC1CC2(CCN(c3ncccn3)CC2)c2ccccc21)c1ccno1. The van der Waals surface area contributed by atoms with Crippen LogP contribution in [-0.2, 0) is 5.41 Å². The summed E-state index contributed by atoms with van der Waals surface area (Å²) in [6.45, 7) is 1.81. The molecule has 0 radical (unpaired) electrons. The third-order valence-corrected chi connectivity index (χ3v) is 6.02. The van der Waals surface area contributed by atoms with Crippen LogP contribution in [0.2, 0.25) is 0 Å². The van der Waals surface area contributed by atoms with E-state index in [1.807, 2.05) is 12.1 Å². The Hall–Kier alpha value is -3.22. The summed E-state index contributed by atoms with van der Waals surface area (Å²) in [5, 5.41) is 6.77. The zero-order valence-corrected chi connectivity index (χ0v) is 15.4. The molecule has 1 amide bonds. The molecule has 1 atom stereocenters. The molecular formula is C21H21N5O2. The minimum Gasteiger partial charge on any atom is -0.351 e. The van der Waals surface area contributed by atoms with Crippen LogP contribution < -0.4 is 10.2 Å². The maximum absolute atomic E-state index is 12.5. The molecule has 2 aliphatic rings. The summed E-state index contributed by atoms with van der Waals surface area (Å²) in [5.41, 5.74) is 2.63. The van der Waals surface area contributed by atoms with Gasteiger partial charge in [0.15, 0.2) is 0 Å². The number of carbonyl (C=O) groups excluding carboxylic acids is 1. The van der Waals surface area contributed by atoms with Crippen LogP contribution in [0.3, 0.4) is 0 Å². The molecule has 2 aromatic heterocycles. The quantitative estimate of drug-likeness (QED) is 0.758. The van der Waals surface area contributed by atoms with Crippen molar-refractivity contribution in [1.29, 1.82) is 0 Å².